The van der Waals surface area contributed by atoms with E-state index in [2.05, 4.69) is 0 Å². The number of ether oxygens (including phenoxy) is 1. The van der Waals surface area contributed by atoms with E-state index < -0.39 is 27.4 Å². The number of benzene rings is 1. The predicted molar refractivity (Wildman–Crippen MR) is 77.4 cm³/mol. The number of halogens is 3. The van der Waals surface area contributed by atoms with Crippen molar-refractivity contribution >= 4 is 11.0 Å². The second kappa shape index (κ2) is 6.26. The molecule has 122 valence electrons. The molecule has 0 aromatic heterocycles. The summed E-state index contributed by atoms with van der Waals surface area (Å²) in [7, 11) is -0.706. The Morgan fingerprint density at radius 1 is 1.18 bits per heavy atom. The van der Waals surface area contributed by atoms with E-state index in [0.29, 0.717) is 5.75 Å². The van der Waals surface area contributed by atoms with Crippen LogP contribution in [0.4, 0.5) is 13.2 Å². The highest BCUT2D eigenvalue weighted by molar-refractivity contribution is 7.84. The summed E-state index contributed by atoms with van der Waals surface area (Å²) in [4.78, 5) is 0. The Morgan fingerprint density at radius 2 is 1.68 bits per heavy atom. The average Bonchev–Trinajstić information content (AvgIpc) is 2.42. The maximum absolute atomic E-state index is 13.5. The number of alkyl halides is 3. The number of nitrogens with zero attached hydrogens (tertiary/aromatic N) is 1. The zero-order chi connectivity index (χ0) is 17.2. The molecule has 1 aromatic rings. The van der Waals surface area contributed by atoms with E-state index in [1.165, 1.54) is 46.1 Å². The highest BCUT2D eigenvalue weighted by Crippen LogP contribution is 2.40. The summed E-state index contributed by atoms with van der Waals surface area (Å²) < 4.78 is 58.6. The zero-order valence-corrected chi connectivity index (χ0v) is 13.4. The highest BCUT2D eigenvalue weighted by atomic mass is 32.2. The molecular formula is C14H17F3N2O2S. The lowest BCUT2D eigenvalue weighted by Crippen LogP contribution is -2.56. The van der Waals surface area contributed by atoms with Gasteiger partial charge < -0.3 is 4.74 Å². The number of nitriles is 1. The van der Waals surface area contributed by atoms with Crippen LogP contribution in [-0.4, -0.2) is 22.2 Å². The Balaban J connectivity index is 3.40. The first-order valence-corrected chi connectivity index (χ1v) is 7.45. The van der Waals surface area contributed by atoms with Gasteiger partial charge in [0.05, 0.1) is 22.8 Å². The molecule has 8 heteroatoms. The molecule has 0 saturated carbocycles. The van der Waals surface area contributed by atoms with Crippen LogP contribution in [0.1, 0.15) is 26.3 Å². The van der Waals surface area contributed by atoms with Gasteiger partial charge in [0.2, 0.25) is 5.54 Å². The van der Waals surface area contributed by atoms with Gasteiger partial charge in [0.1, 0.15) is 11.8 Å². The molecule has 1 rings (SSSR count). The first-order chi connectivity index (χ1) is 9.98. The van der Waals surface area contributed by atoms with Crippen molar-refractivity contribution in [2.24, 2.45) is 0 Å². The minimum absolute atomic E-state index is 0.346. The molecule has 4 nitrogen and oxygen atoms in total. The van der Waals surface area contributed by atoms with E-state index in [4.69, 9.17) is 4.74 Å². The standard InChI is InChI=1S/C14H17F3N2O2S/c1-12(2,3)22(20)19-13(9-18,14(15,16)17)10-5-7-11(21-4)8-6-10/h5-8,19H,1-4H3/t13-,22-/m1/s1. The average molecular weight is 334 g/mol. The number of rotatable bonds is 4. The van der Waals surface area contributed by atoms with Gasteiger partial charge in [-0.3, -0.25) is 0 Å². The second-order valence-electron chi connectivity index (χ2n) is 5.57. The van der Waals surface area contributed by atoms with Gasteiger partial charge in [0, 0.05) is 0 Å². The van der Waals surface area contributed by atoms with E-state index in [1.807, 2.05) is 4.72 Å². The van der Waals surface area contributed by atoms with Gasteiger partial charge in [-0.25, -0.2) is 8.93 Å². The van der Waals surface area contributed by atoms with Crippen LogP contribution in [0.25, 0.3) is 0 Å². The Bertz CT molecular complexity index is 588. The molecule has 0 bridgehead atoms. The first-order valence-electron chi connectivity index (χ1n) is 6.30. The molecule has 1 N–H and O–H groups in total. The molecule has 0 heterocycles. The van der Waals surface area contributed by atoms with Crippen LogP contribution in [0, 0.1) is 11.3 Å². The van der Waals surface area contributed by atoms with Crippen molar-refractivity contribution < 1.29 is 22.1 Å². The molecule has 0 amide bonds. The van der Waals surface area contributed by atoms with Crippen molar-refractivity contribution in [1.29, 1.82) is 5.26 Å². The summed E-state index contributed by atoms with van der Waals surface area (Å²) in [5, 5.41) is 9.21. The van der Waals surface area contributed by atoms with Crippen LogP contribution in [0.5, 0.6) is 5.75 Å². The minimum atomic E-state index is -4.95. The molecule has 0 radical (unpaired) electrons. The molecule has 0 spiro atoms. The molecule has 0 aliphatic carbocycles. The molecule has 0 fully saturated rings. The van der Waals surface area contributed by atoms with Crippen molar-refractivity contribution in [1.82, 2.24) is 4.72 Å². The fraction of sp³-hybridized carbons (Fsp3) is 0.500. The van der Waals surface area contributed by atoms with E-state index >= 15 is 0 Å². The van der Waals surface area contributed by atoms with Gasteiger partial charge >= 0.3 is 6.18 Å². The maximum atomic E-state index is 13.5. The maximum Gasteiger partial charge on any atom is 0.425 e. The third kappa shape index (κ3) is 3.59. The smallest absolute Gasteiger partial charge is 0.425 e. The van der Waals surface area contributed by atoms with Gasteiger partial charge in [0.25, 0.3) is 0 Å². The monoisotopic (exact) mass is 334 g/mol. The van der Waals surface area contributed by atoms with Gasteiger partial charge in [-0.05, 0) is 38.5 Å². The zero-order valence-electron chi connectivity index (χ0n) is 12.6. The molecule has 0 saturated heterocycles. The molecule has 22 heavy (non-hydrogen) atoms. The molecule has 1 aromatic carbocycles. The Kier molecular flexibility index (Phi) is 5.25. The Hall–Kier alpha value is -1.59. The summed E-state index contributed by atoms with van der Waals surface area (Å²) in [6.07, 6.45) is -4.95. The third-order valence-corrected chi connectivity index (χ3v) is 4.52. The summed E-state index contributed by atoms with van der Waals surface area (Å²) in [6.45, 7) is 4.55. The number of nitrogens with one attached hydrogen (secondary N) is 1. The van der Waals surface area contributed by atoms with Crippen LogP contribution in [0.15, 0.2) is 24.3 Å². The van der Waals surface area contributed by atoms with Gasteiger partial charge in [-0.15, -0.1) is 0 Å². The SMILES string of the molecule is COc1ccc([C@@](C#N)(N[S@](=O)C(C)(C)C)C(F)(F)F)cc1. The normalized spacial score (nSPS) is 16.5. The topological polar surface area (TPSA) is 62.1 Å². The lowest BCUT2D eigenvalue weighted by atomic mass is 9.92. The Labute approximate surface area is 129 Å². The molecular weight excluding hydrogens is 317 g/mol. The van der Waals surface area contributed by atoms with Crippen LogP contribution < -0.4 is 9.46 Å². The number of hydrogen-bond donors (Lipinski definition) is 1. The highest BCUT2D eigenvalue weighted by Gasteiger charge is 2.58. The summed E-state index contributed by atoms with van der Waals surface area (Å²) in [5.74, 6) is 0.356. The van der Waals surface area contributed by atoms with E-state index in [9.17, 15) is 22.6 Å². The number of hydrogen-bond acceptors (Lipinski definition) is 3. The van der Waals surface area contributed by atoms with Gasteiger partial charge in [-0.2, -0.15) is 18.4 Å². The van der Waals surface area contributed by atoms with E-state index in [-0.39, 0.29) is 5.56 Å². The summed E-state index contributed by atoms with van der Waals surface area (Å²) >= 11 is 0. The van der Waals surface area contributed by atoms with Crippen LogP contribution in [-0.2, 0) is 16.5 Å². The van der Waals surface area contributed by atoms with Crippen molar-refractivity contribution in [3.8, 4) is 11.8 Å². The quantitative estimate of drug-likeness (QED) is 0.921. The third-order valence-electron chi connectivity index (χ3n) is 2.92. The predicted octanol–water partition coefficient (Wildman–Crippen LogP) is 3.03. The van der Waals surface area contributed by atoms with Crippen LogP contribution >= 0.6 is 0 Å². The molecule has 0 aliphatic rings. The van der Waals surface area contributed by atoms with E-state index in [0.717, 1.165) is 12.1 Å². The van der Waals surface area contributed by atoms with Crippen LogP contribution in [0.3, 0.4) is 0 Å². The van der Waals surface area contributed by atoms with Crippen molar-refractivity contribution in [3.05, 3.63) is 29.8 Å². The fourth-order valence-electron chi connectivity index (χ4n) is 1.56. The Morgan fingerprint density at radius 3 is 2.00 bits per heavy atom. The van der Waals surface area contributed by atoms with Crippen molar-refractivity contribution in [2.75, 3.05) is 7.11 Å². The second-order valence-corrected chi connectivity index (χ2v) is 7.54. The lowest BCUT2D eigenvalue weighted by molar-refractivity contribution is -0.176. The molecule has 0 aliphatic heterocycles. The van der Waals surface area contributed by atoms with Gasteiger partial charge in [0.15, 0.2) is 0 Å². The lowest BCUT2D eigenvalue weighted by Gasteiger charge is -2.32. The fourth-order valence-corrected chi connectivity index (χ4v) is 2.43. The van der Waals surface area contributed by atoms with Crippen molar-refractivity contribution in [2.45, 2.75) is 37.2 Å². The molecule has 0 unspecified atom stereocenters. The van der Waals surface area contributed by atoms with Crippen LogP contribution in [0.2, 0.25) is 0 Å². The number of methoxy groups -OCH3 is 1. The minimum Gasteiger partial charge on any atom is -0.497 e. The van der Waals surface area contributed by atoms with Crippen molar-refractivity contribution in [3.63, 3.8) is 0 Å². The van der Waals surface area contributed by atoms with E-state index in [1.54, 1.807) is 0 Å². The summed E-state index contributed by atoms with van der Waals surface area (Å²) in [5.41, 5.74) is -3.40. The van der Waals surface area contributed by atoms with Gasteiger partial charge in [-0.1, -0.05) is 12.1 Å². The first kappa shape index (κ1) is 18.5. The molecule has 2 atom stereocenters. The summed E-state index contributed by atoms with van der Waals surface area (Å²) in [6, 6.07) is 6.13. The largest absolute Gasteiger partial charge is 0.497 e.